The van der Waals surface area contributed by atoms with E-state index in [4.69, 9.17) is 4.74 Å². The highest BCUT2D eigenvalue weighted by Crippen LogP contribution is 2.52. The highest BCUT2D eigenvalue weighted by Gasteiger charge is 2.67. The Morgan fingerprint density at radius 2 is 2.14 bits per heavy atom. The van der Waals surface area contributed by atoms with E-state index in [0.29, 0.717) is 5.69 Å². The number of carbonyl (C=O) groups is 2. The lowest BCUT2D eigenvalue weighted by Gasteiger charge is -2.26. The van der Waals surface area contributed by atoms with Crippen LogP contribution in [0.2, 0.25) is 0 Å². The summed E-state index contributed by atoms with van der Waals surface area (Å²) in [6.45, 7) is -0.299. The van der Waals surface area contributed by atoms with E-state index < -0.39 is 23.5 Å². The number of amides is 2. The number of hydrogen-bond acceptors (Lipinski definition) is 4. The summed E-state index contributed by atoms with van der Waals surface area (Å²) in [6.07, 6.45) is 3.07. The molecule has 0 saturated carbocycles. The van der Waals surface area contributed by atoms with Gasteiger partial charge in [-0.25, -0.2) is 4.90 Å². The standard InChI is InChI=1S/C15H12BrNO4/c16-8-2-1-3-9(6-8)17-13(19)11-10-4-5-15(7-18,21-10)12(11)14(17)20/h1-6,10-12,18H,7H2/t10-,11+,12-,15+/m0/s1. The minimum absolute atomic E-state index is 0.257. The molecule has 21 heavy (non-hydrogen) atoms. The van der Waals surface area contributed by atoms with Gasteiger partial charge in [0.1, 0.15) is 5.60 Å². The van der Waals surface area contributed by atoms with E-state index in [1.807, 2.05) is 6.07 Å². The summed E-state index contributed by atoms with van der Waals surface area (Å²) < 4.78 is 6.48. The molecule has 0 unspecified atom stereocenters. The fraction of sp³-hybridized carbons (Fsp3) is 0.333. The minimum atomic E-state index is -1.04. The van der Waals surface area contributed by atoms with Crippen LogP contribution < -0.4 is 4.90 Å². The number of imide groups is 1. The van der Waals surface area contributed by atoms with Gasteiger partial charge in [0.05, 0.1) is 30.2 Å². The number of benzene rings is 1. The van der Waals surface area contributed by atoms with Crippen LogP contribution in [0.5, 0.6) is 0 Å². The van der Waals surface area contributed by atoms with E-state index >= 15 is 0 Å². The number of aliphatic hydroxyl groups excluding tert-OH is 1. The summed E-state index contributed by atoms with van der Waals surface area (Å²) in [6, 6.07) is 7.07. The van der Waals surface area contributed by atoms with Crippen molar-refractivity contribution >= 4 is 33.4 Å². The van der Waals surface area contributed by atoms with Crippen molar-refractivity contribution < 1.29 is 19.4 Å². The van der Waals surface area contributed by atoms with Gasteiger partial charge in [-0.05, 0) is 18.2 Å². The second-order valence-corrected chi connectivity index (χ2v) is 6.47. The molecule has 4 atom stereocenters. The Morgan fingerprint density at radius 1 is 1.33 bits per heavy atom. The number of anilines is 1. The Morgan fingerprint density at radius 3 is 2.86 bits per heavy atom. The number of aliphatic hydroxyl groups is 1. The van der Waals surface area contributed by atoms with Gasteiger partial charge in [-0.2, -0.15) is 0 Å². The molecule has 2 amide bonds. The van der Waals surface area contributed by atoms with E-state index in [-0.39, 0.29) is 18.4 Å². The monoisotopic (exact) mass is 349 g/mol. The minimum Gasteiger partial charge on any atom is -0.393 e. The largest absolute Gasteiger partial charge is 0.393 e. The van der Waals surface area contributed by atoms with Crippen LogP contribution in [0.15, 0.2) is 40.9 Å². The van der Waals surface area contributed by atoms with Gasteiger partial charge in [-0.1, -0.05) is 34.1 Å². The van der Waals surface area contributed by atoms with Crippen LogP contribution in [0, 0.1) is 11.8 Å². The van der Waals surface area contributed by atoms with E-state index in [0.717, 1.165) is 4.47 Å². The van der Waals surface area contributed by atoms with Crippen molar-refractivity contribution in [1.29, 1.82) is 0 Å². The molecule has 6 heteroatoms. The first-order chi connectivity index (χ1) is 10.1. The van der Waals surface area contributed by atoms with Crippen molar-refractivity contribution in [3.05, 3.63) is 40.9 Å². The molecule has 3 aliphatic heterocycles. The summed E-state index contributed by atoms with van der Waals surface area (Å²) >= 11 is 3.34. The normalized spacial score (nSPS) is 36.7. The van der Waals surface area contributed by atoms with E-state index in [1.165, 1.54) is 4.90 Å². The second-order valence-electron chi connectivity index (χ2n) is 5.55. The van der Waals surface area contributed by atoms with Gasteiger partial charge < -0.3 is 9.84 Å². The molecular formula is C15H12BrNO4. The Balaban J connectivity index is 1.79. The lowest BCUT2D eigenvalue weighted by Crippen LogP contribution is -2.43. The van der Waals surface area contributed by atoms with Crippen molar-refractivity contribution in [2.45, 2.75) is 11.7 Å². The molecule has 0 radical (unpaired) electrons. The number of rotatable bonds is 2. The van der Waals surface area contributed by atoms with E-state index in [2.05, 4.69) is 15.9 Å². The molecule has 4 rings (SSSR count). The first kappa shape index (κ1) is 13.2. The van der Waals surface area contributed by atoms with Gasteiger partial charge in [0.25, 0.3) is 0 Å². The molecule has 1 N–H and O–H groups in total. The lowest BCUT2D eigenvalue weighted by molar-refractivity contribution is -0.128. The van der Waals surface area contributed by atoms with Gasteiger partial charge in [0.2, 0.25) is 11.8 Å². The maximum Gasteiger partial charge on any atom is 0.241 e. The predicted octanol–water partition coefficient (Wildman–Crippen LogP) is 1.25. The summed E-state index contributed by atoms with van der Waals surface area (Å²) in [5.41, 5.74) is -0.496. The quantitative estimate of drug-likeness (QED) is 0.644. The molecule has 1 aromatic rings. The topological polar surface area (TPSA) is 66.8 Å². The van der Waals surface area contributed by atoms with Gasteiger partial charge in [0, 0.05) is 4.47 Å². The maximum absolute atomic E-state index is 12.7. The van der Waals surface area contributed by atoms with Crippen molar-refractivity contribution in [1.82, 2.24) is 0 Å². The average Bonchev–Trinajstić information content (AvgIpc) is 3.10. The van der Waals surface area contributed by atoms with Crippen molar-refractivity contribution in [3.8, 4) is 0 Å². The number of hydrogen-bond donors (Lipinski definition) is 1. The third kappa shape index (κ3) is 1.58. The average molecular weight is 350 g/mol. The van der Waals surface area contributed by atoms with Crippen LogP contribution >= 0.6 is 15.9 Å². The molecule has 0 aliphatic carbocycles. The molecule has 0 aromatic heterocycles. The maximum atomic E-state index is 12.7. The highest BCUT2D eigenvalue weighted by molar-refractivity contribution is 9.10. The molecule has 2 saturated heterocycles. The second kappa shape index (κ2) is 4.25. The fourth-order valence-corrected chi connectivity index (χ4v) is 3.94. The van der Waals surface area contributed by atoms with Gasteiger partial charge >= 0.3 is 0 Å². The molecule has 5 nitrogen and oxygen atoms in total. The summed E-state index contributed by atoms with van der Waals surface area (Å²) in [5, 5.41) is 9.63. The Labute approximate surface area is 129 Å². The molecule has 2 fully saturated rings. The lowest BCUT2D eigenvalue weighted by atomic mass is 9.77. The number of fused-ring (bicyclic) bond motifs is 5. The smallest absolute Gasteiger partial charge is 0.241 e. The summed E-state index contributed by atoms with van der Waals surface area (Å²) in [7, 11) is 0. The van der Waals surface area contributed by atoms with E-state index in [1.54, 1.807) is 30.4 Å². The molecule has 2 bridgehead atoms. The number of nitrogens with zero attached hydrogens (tertiary/aromatic N) is 1. The first-order valence-electron chi connectivity index (χ1n) is 6.69. The van der Waals surface area contributed by atoms with Gasteiger partial charge in [-0.15, -0.1) is 0 Å². The Kier molecular flexibility index (Phi) is 2.67. The van der Waals surface area contributed by atoms with Crippen molar-refractivity contribution in [2.75, 3.05) is 11.5 Å². The van der Waals surface area contributed by atoms with Crippen LogP contribution in [0.25, 0.3) is 0 Å². The molecule has 108 valence electrons. The molecule has 3 aliphatic rings. The number of carbonyl (C=O) groups excluding carboxylic acids is 2. The van der Waals surface area contributed by atoms with E-state index in [9.17, 15) is 14.7 Å². The Hall–Kier alpha value is -1.50. The highest BCUT2D eigenvalue weighted by atomic mass is 79.9. The van der Waals surface area contributed by atoms with Crippen molar-refractivity contribution in [2.24, 2.45) is 11.8 Å². The summed E-state index contributed by atoms with van der Waals surface area (Å²) in [4.78, 5) is 26.6. The fourth-order valence-electron chi connectivity index (χ4n) is 3.55. The predicted molar refractivity (Wildman–Crippen MR) is 77.4 cm³/mol. The Bertz CT molecular complexity index is 688. The summed E-state index contributed by atoms with van der Waals surface area (Å²) in [5.74, 6) is -1.73. The molecular weight excluding hydrogens is 338 g/mol. The number of halogens is 1. The zero-order valence-corrected chi connectivity index (χ0v) is 12.5. The van der Waals surface area contributed by atoms with Crippen molar-refractivity contribution in [3.63, 3.8) is 0 Å². The zero-order chi connectivity index (χ0) is 14.8. The third-order valence-electron chi connectivity index (χ3n) is 4.47. The molecule has 0 spiro atoms. The van der Waals surface area contributed by atoms with Crippen LogP contribution in [-0.2, 0) is 14.3 Å². The van der Waals surface area contributed by atoms with Crippen LogP contribution in [0.4, 0.5) is 5.69 Å². The van der Waals surface area contributed by atoms with Gasteiger partial charge in [0.15, 0.2) is 0 Å². The van der Waals surface area contributed by atoms with Crippen LogP contribution in [0.1, 0.15) is 0 Å². The SMILES string of the molecule is O=C1[C@@H]2[C@@H]3C=C[C@](CO)(O3)[C@@H]2C(=O)N1c1cccc(Br)c1. The molecule has 1 aromatic carbocycles. The third-order valence-corrected chi connectivity index (χ3v) is 4.96. The van der Waals surface area contributed by atoms with Crippen LogP contribution in [0.3, 0.4) is 0 Å². The van der Waals surface area contributed by atoms with Crippen LogP contribution in [-0.4, -0.2) is 35.2 Å². The molecule has 3 heterocycles. The zero-order valence-electron chi connectivity index (χ0n) is 10.9. The number of ether oxygens (including phenoxy) is 1. The van der Waals surface area contributed by atoms with Gasteiger partial charge in [-0.3, -0.25) is 9.59 Å². The first-order valence-corrected chi connectivity index (χ1v) is 7.48.